The zero-order chi connectivity index (χ0) is 42.4. The number of aromatic nitrogens is 4. The van der Waals surface area contributed by atoms with Gasteiger partial charge in [0.1, 0.15) is 0 Å². The van der Waals surface area contributed by atoms with Crippen LogP contribution in [0.2, 0.25) is 0 Å². The molecule has 302 valence electrons. The summed E-state index contributed by atoms with van der Waals surface area (Å²) in [5.41, 5.74) is 13.9. The van der Waals surface area contributed by atoms with Gasteiger partial charge in [0.2, 0.25) is 0 Å². The number of hydrogen-bond donors (Lipinski definition) is 2. The molecule has 0 amide bonds. The van der Waals surface area contributed by atoms with E-state index in [0.717, 1.165) is 72.5 Å². The molecule has 8 bridgehead atoms. The predicted octanol–water partition coefficient (Wildman–Crippen LogP) is 13.0. The second-order valence-electron chi connectivity index (χ2n) is 16.5. The van der Waals surface area contributed by atoms with Crippen LogP contribution in [0.5, 0.6) is 0 Å². The highest BCUT2D eigenvalue weighted by Crippen LogP contribution is 2.39. The minimum Gasteiger partial charge on any atom is -0.354 e. The Balaban J connectivity index is 1.39. The van der Waals surface area contributed by atoms with Gasteiger partial charge in [-0.2, -0.15) is 8.42 Å². The highest BCUT2D eigenvalue weighted by Gasteiger charge is 2.24. The zero-order valence-corrected chi connectivity index (χ0v) is 35.4. The molecule has 0 radical (unpaired) electrons. The molecule has 0 spiro atoms. The quantitative estimate of drug-likeness (QED) is 0.167. The van der Waals surface area contributed by atoms with Crippen LogP contribution in [-0.4, -0.2) is 28.0 Å². The maximum atomic E-state index is 14.8. The lowest BCUT2D eigenvalue weighted by molar-refractivity contribution is 0.586. The molecule has 2 N–H and O–H groups in total. The van der Waals surface area contributed by atoms with Crippen molar-refractivity contribution < 1.29 is 8.42 Å². The van der Waals surface area contributed by atoms with E-state index in [1.807, 2.05) is 146 Å². The van der Waals surface area contributed by atoms with E-state index in [-0.39, 0.29) is 10.3 Å². The number of nitrogens with one attached hydrogen (secondary N) is 2. The third-order valence-electron chi connectivity index (χ3n) is 11.4. The number of H-pyrrole nitrogens is 1. The van der Waals surface area contributed by atoms with E-state index >= 15 is 0 Å². The summed E-state index contributed by atoms with van der Waals surface area (Å²) in [5.74, 6) is 0. The van der Waals surface area contributed by atoms with E-state index in [1.165, 1.54) is 0 Å². The minimum absolute atomic E-state index is 0.148. The summed E-state index contributed by atoms with van der Waals surface area (Å²) in [6.45, 7) is 6.33. The number of fused-ring (bicyclic) bond motifs is 8. The molecule has 0 saturated carbocycles. The third-order valence-corrected chi connectivity index (χ3v) is 12.7. The molecule has 0 fully saturated rings. The number of aromatic amines is 1. The summed E-state index contributed by atoms with van der Waals surface area (Å²) in [7, 11) is -4.16. The SMILES string of the molecule is CC(C)(C)c1ccc(S(=O)(=O)Nn2c3ccc2c(-c2ccccc2)c2nc(c(-c4ccccc4)c4ccc([nH]4)c(-c4ccccc4)c4nc(c3-c3ccccc3)C=C4)C=C2)cc1. The van der Waals surface area contributed by atoms with Crippen molar-refractivity contribution in [1.29, 1.82) is 0 Å². The van der Waals surface area contributed by atoms with Crippen LogP contribution in [0.3, 0.4) is 0 Å². The van der Waals surface area contributed by atoms with Crippen LogP contribution >= 0.6 is 0 Å². The van der Waals surface area contributed by atoms with Crippen LogP contribution in [0, 0.1) is 0 Å². The smallest absolute Gasteiger partial charge is 0.275 e. The van der Waals surface area contributed by atoms with Crippen LogP contribution < -0.4 is 4.83 Å². The third kappa shape index (κ3) is 7.14. The number of hydrogen-bond acceptors (Lipinski definition) is 4. The normalized spacial score (nSPS) is 12.4. The molecular weight excluding hydrogens is 783 g/mol. The Morgan fingerprint density at radius 2 is 0.806 bits per heavy atom. The average molecular weight is 826 g/mol. The second kappa shape index (κ2) is 15.5. The topological polar surface area (TPSA) is 92.7 Å². The standard InChI is InChI=1S/C54H43N5O2S/c1-54(2,3)40-24-26-41(27-25-40)62(60,61)58-59-48-34-35-49(59)53(39-22-14-7-15-23-39)47-33-31-45(57-47)51(37-18-10-5-11-19-37)43-29-28-42(55-43)50(36-16-8-4-9-17-36)44-30-32-46(56-44)52(48)38-20-12-6-13-21-38/h4-35,55,58H,1-3H3. The van der Waals surface area contributed by atoms with Gasteiger partial charge in [-0.1, -0.05) is 154 Å². The Morgan fingerprint density at radius 3 is 1.18 bits per heavy atom. The first-order valence-corrected chi connectivity index (χ1v) is 22.1. The van der Waals surface area contributed by atoms with Crippen LogP contribution in [0.1, 0.15) is 49.1 Å². The Morgan fingerprint density at radius 1 is 0.452 bits per heavy atom. The highest BCUT2D eigenvalue weighted by atomic mass is 32.2. The van der Waals surface area contributed by atoms with Crippen LogP contribution in [0.15, 0.2) is 175 Å². The molecule has 8 heteroatoms. The fraction of sp³-hybridized carbons (Fsp3) is 0.0741. The van der Waals surface area contributed by atoms with E-state index < -0.39 is 10.0 Å². The Hall–Kier alpha value is -7.55. The van der Waals surface area contributed by atoms with Gasteiger partial charge in [0.05, 0.1) is 38.7 Å². The summed E-state index contributed by atoms with van der Waals surface area (Å²) in [6.07, 6.45) is 8.13. The minimum atomic E-state index is -4.16. The Labute approximate surface area is 361 Å². The van der Waals surface area contributed by atoms with Gasteiger partial charge in [-0.3, -0.25) is 0 Å². The van der Waals surface area contributed by atoms with Gasteiger partial charge in [0.25, 0.3) is 10.0 Å². The average Bonchev–Trinajstić information content (AvgIpc) is 4.13. The Kier molecular flexibility index (Phi) is 9.65. The number of sulfonamides is 1. The molecule has 0 aliphatic carbocycles. The van der Waals surface area contributed by atoms with E-state index in [4.69, 9.17) is 9.97 Å². The first kappa shape index (κ1) is 38.6. The Bertz CT molecular complexity index is 3150. The maximum Gasteiger partial charge on any atom is 0.275 e. The highest BCUT2D eigenvalue weighted by molar-refractivity contribution is 7.92. The van der Waals surface area contributed by atoms with E-state index in [9.17, 15) is 8.42 Å². The second-order valence-corrected chi connectivity index (χ2v) is 18.2. The molecule has 0 atom stereocenters. The lowest BCUT2D eigenvalue weighted by atomic mass is 9.87. The summed E-state index contributed by atoms with van der Waals surface area (Å²) < 4.78 is 31.2. The van der Waals surface area contributed by atoms with E-state index in [1.54, 1.807) is 16.8 Å². The number of nitrogens with zero attached hydrogens (tertiary/aromatic N) is 3. The van der Waals surface area contributed by atoms with Crippen molar-refractivity contribution in [2.45, 2.75) is 31.1 Å². The first-order valence-electron chi connectivity index (χ1n) is 20.7. The lowest BCUT2D eigenvalue weighted by Crippen LogP contribution is -2.23. The van der Waals surface area contributed by atoms with Gasteiger partial charge in [0, 0.05) is 33.3 Å². The molecule has 10 rings (SSSR count). The summed E-state index contributed by atoms with van der Waals surface area (Å²) in [4.78, 5) is 17.8. The molecule has 62 heavy (non-hydrogen) atoms. The first-order chi connectivity index (χ1) is 30.1. The summed E-state index contributed by atoms with van der Waals surface area (Å²) >= 11 is 0. The van der Waals surface area contributed by atoms with Crippen molar-refractivity contribution in [1.82, 2.24) is 19.6 Å². The van der Waals surface area contributed by atoms with Gasteiger partial charge in [-0.05, 0) is 93.9 Å². The summed E-state index contributed by atoms with van der Waals surface area (Å²) in [5, 5.41) is 0. The molecule has 0 unspecified atom stereocenters. The van der Waals surface area contributed by atoms with E-state index in [0.29, 0.717) is 22.4 Å². The largest absolute Gasteiger partial charge is 0.354 e. The number of rotatable bonds is 7. The molecular formula is C54H43N5O2S. The number of benzene rings is 5. The van der Waals surface area contributed by atoms with Crippen LogP contribution in [0.4, 0.5) is 0 Å². The fourth-order valence-corrected chi connectivity index (χ4v) is 9.39. The molecule has 5 aromatic carbocycles. The monoisotopic (exact) mass is 825 g/mol. The molecule has 8 aromatic rings. The van der Waals surface area contributed by atoms with Crippen LogP contribution in [0.25, 0.3) is 90.9 Å². The van der Waals surface area contributed by atoms with Crippen molar-refractivity contribution in [3.63, 3.8) is 0 Å². The van der Waals surface area contributed by atoms with Gasteiger partial charge in [-0.25, -0.2) is 19.5 Å². The molecule has 0 saturated heterocycles. The summed E-state index contributed by atoms with van der Waals surface area (Å²) in [6, 6.07) is 55.9. The fourth-order valence-electron chi connectivity index (χ4n) is 8.36. The van der Waals surface area contributed by atoms with Gasteiger partial charge < -0.3 is 4.98 Å². The molecule has 2 aliphatic rings. The van der Waals surface area contributed by atoms with Crippen LogP contribution in [-0.2, 0) is 15.4 Å². The molecule has 2 aliphatic heterocycles. The van der Waals surface area contributed by atoms with Gasteiger partial charge >= 0.3 is 0 Å². The van der Waals surface area contributed by atoms with Crippen molar-refractivity contribution in [2.75, 3.05) is 4.83 Å². The maximum absolute atomic E-state index is 14.8. The van der Waals surface area contributed by atoms with E-state index in [2.05, 4.69) is 67.0 Å². The predicted molar refractivity (Wildman–Crippen MR) is 256 cm³/mol. The van der Waals surface area contributed by atoms with Gasteiger partial charge in [0.15, 0.2) is 0 Å². The molecule has 3 aromatic heterocycles. The van der Waals surface area contributed by atoms with Crippen molar-refractivity contribution in [3.8, 4) is 44.5 Å². The van der Waals surface area contributed by atoms with Crippen molar-refractivity contribution >= 4 is 56.4 Å². The molecule has 5 heterocycles. The lowest BCUT2D eigenvalue weighted by Gasteiger charge is -2.20. The van der Waals surface area contributed by atoms with Crippen molar-refractivity contribution in [3.05, 3.63) is 198 Å². The molecule has 7 nitrogen and oxygen atoms in total. The van der Waals surface area contributed by atoms with Crippen molar-refractivity contribution in [2.24, 2.45) is 0 Å². The zero-order valence-electron chi connectivity index (χ0n) is 34.5. The van der Waals surface area contributed by atoms with Gasteiger partial charge in [-0.15, -0.1) is 0 Å².